The van der Waals surface area contributed by atoms with Crippen LogP contribution in [0.25, 0.3) is 0 Å². The van der Waals surface area contributed by atoms with Gasteiger partial charge < -0.3 is 0 Å². The molecule has 150 valence electrons. The summed E-state index contributed by atoms with van der Waals surface area (Å²) in [5, 5.41) is 0.415. The molecule has 0 bridgehead atoms. The Morgan fingerprint density at radius 3 is 2.17 bits per heavy atom. The number of benzene rings is 3. The van der Waals surface area contributed by atoms with Crippen LogP contribution in [-0.2, 0) is 0 Å². The molecule has 0 aliphatic heterocycles. The largest absolute Gasteiger partial charge is 0.289 e. The minimum absolute atomic E-state index is 0.0522. The average molecular weight is 404 g/mol. The predicted molar refractivity (Wildman–Crippen MR) is 127 cm³/mol. The minimum Gasteiger partial charge on any atom is -0.289 e. The molecule has 0 saturated heterocycles. The number of aliphatic imine (C=N–C) groups is 1. The number of nitrogens with zero attached hydrogens (tertiary/aromatic N) is 1. The lowest BCUT2D eigenvalue weighted by Crippen LogP contribution is -2.07. The van der Waals surface area contributed by atoms with Gasteiger partial charge >= 0.3 is 0 Å². The monoisotopic (exact) mass is 403 g/mol. The number of hydrogen-bond donors (Lipinski definition) is 0. The smallest absolute Gasteiger partial charge is 0.194 e. The van der Waals surface area contributed by atoms with Gasteiger partial charge in [0.15, 0.2) is 5.78 Å². The molecule has 3 aromatic rings. The maximum atomic E-state index is 13.1. The van der Waals surface area contributed by atoms with Crippen LogP contribution in [0.5, 0.6) is 0 Å². The summed E-state index contributed by atoms with van der Waals surface area (Å²) in [6.07, 6.45) is 2.90. The first kappa shape index (κ1) is 22.6. The van der Waals surface area contributed by atoms with Crippen molar-refractivity contribution in [3.63, 3.8) is 0 Å². The Labute approximate surface area is 179 Å². The predicted octanol–water partition coefficient (Wildman–Crippen LogP) is 7.59. The molecule has 3 heteroatoms. The van der Waals surface area contributed by atoms with Gasteiger partial charge in [-0.25, -0.2) is 0 Å². The van der Waals surface area contributed by atoms with Crippen LogP contribution in [0.1, 0.15) is 55.6 Å². The van der Waals surface area contributed by atoms with Gasteiger partial charge in [-0.05, 0) is 24.6 Å². The van der Waals surface area contributed by atoms with E-state index in [0.717, 1.165) is 28.1 Å². The summed E-state index contributed by atoms with van der Waals surface area (Å²) >= 11 is 1.74. The number of carbonyl (C=O) groups excluding carboxylic acids is 1. The van der Waals surface area contributed by atoms with Crippen molar-refractivity contribution in [3.8, 4) is 0 Å². The maximum Gasteiger partial charge on any atom is 0.194 e. The fourth-order valence-corrected chi connectivity index (χ4v) is 3.77. The second-order valence-electron chi connectivity index (χ2n) is 6.35. The molecule has 0 fully saturated rings. The second-order valence-corrected chi connectivity index (χ2v) is 7.80. The molecule has 1 atom stereocenters. The summed E-state index contributed by atoms with van der Waals surface area (Å²) in [7, 11) is 0. The number of para-hydroxylation sites is 1. The molecule has 0 spiro atoms. The lowest BCUT2D eigenvalue weighted by atomic mass is 10.0. The summed E-state index contributed by atoms with van der Waals surface area (Å²) in [5.41, 5.74) is 3.33. The first-order valence-electron chi connectivity index (χ1n) is 10.2. The van der Waals surface area contributed by atoms with Crippen molar-refractivity contribution in [2.45, 2.75) is 44.3 Å². The minimum atomic E-state index is 0.0522. The number of ketones is 1. The zero-order valence-corrected chi connectivity index (χ0v) is 18.4. The molecule has 0 aliphatic rings. The highest BCUT2D eigenvalue weighted by Gasteiger charge is 2.18. The highest BCUT2D eigenvalue weighted by atomic mass is 32.2. The third-order valence-corrected chi connectivity index (χ3v) is 5.76. The van der Waals surface area contributed by atoms with Gasteiger partial charge in [0.25, 0.3) is 0 Å². The molecular weight excluding hydrogens is 374 g/mol. The summed E-state index contributed by atoms with van der Waals surface area (Å²) in [6, 6.07) is 25.2. The van der Waals surface area contributed by atoms with Crippen LogP contribution < -0.4 is 0 Å². The maximum absolute atomic E-state index is 13.1. The van der Waals surface area contributed by atoms with Crippen LogP contribution in [0.2, 0.25) is 0 Å². The van der Waals surface area contributed by atoms with Crippen LogP contribution in [0.4, 0.5) is 5.69 Å². The third kappa shape index (κ3) is 6.43. The number of thioether (sulfide) groups is 1. The Bertz CT molecular complexity index is 920. The fourth-order valence-electron chi connectivity index (χ4n) is 2.65. The highest BCUT2D eigenvalue weighted by molar-refractivity contribution is 8.00. The van der Waals surface area contributed by atoms with Gasteiger partial charge in [-0.2, -0.15) is 0 Å². The van der Waals surface area contributed by atoms with Gasteiger partial charge in [-0.1, -0.05) is 88.4 Å². The molecule has 3 rings (SSSR count). The molecular formula is C26H29NOS. The van der Waals surface area contributed by atoms with Crippen LogP contribution >= 0.6 is 11.8 Å². The third-order valence-electron chi connectivity index (χ3n) is 4.33. The Kier molecular flexibility index (Phi) is 9.39. The summed E-state index contributed by atoms with van der Waals surface area (Å²) in [6.45, 7) is 8.35. The summed E-state index contributed by atoms with van der Waals surface area (Å²) in [4.78, 5) is 18.7. The van der Waals surface area contributed by atoms with E-state index in [1.165, 1.54) is 0 Å². The van der Waals surface area contributed by atoms with E-state index in [-0.39, 0.29) is 5.78 Å². The molecule has 0 saturated carbocycles. The zero-order chi connectivity index (χ0) is 21.1. The van der Waals surface area contributed by atoms with Crippen molar-refractivity contribution in [1.29, 1.82) is 0 Å². The average Bonchev–Trinajstić information content (AvgIpc) is 2.80. The molecule has 1 unspecified atom stereocenters. The van der Waals surface area contributed by atoms with Crippen molar-refractivity contribution in [1.82, 2.24) is 0 Å². The first-order valence-corrected chi connectivity index (χ1v) is 11.1. The molecule has 0 N–H and O–H groups in total. The zero-order valence-electron chi connectivity index (χ0n) is 17.6. The van der Waals surface area contributed by atoms with Crippen molar-refractivity contribution in [3.05, 3.63) is 95.6 Å². The van der Waals surface area contributed by atoms with E-state index < -0.39 is 0 Å². The second kappa shape index (κ2) is 12.0. The number of rotatable bonds is 7. The highest BCUT2D eigenvalue weighted by Crippen LogP contribution is 2.32. The van der Waals surface area contributed by atoms with Crippen molar-refractivity contribution < 1.29 is 4.79 Å². The summed E-state index contributed by atoms with van der Waals surface area (Å²) in [5.74, 6) is 0.0522. The van der Waals surface area contributed by atoms with Gasteiger partial charge in [-0.15, -0.1) is 11.8 Å². The topological polar surface area (TPSA) is 29.4 Å². The Morgan fingerprint density at radius 1 is 0.931 bits per heavy atom. The Hall–Kier alpha value is -2.65. The van der Waals surface area contributed by atoms with Crippen LogP contribution in [-0.4, -0.2) is 17.2 Å². The molecule has 0 heterocycles. The lowest BCUT2D eigenvalue weighted by Gasteiger charge is -2.15. The van der Waals surface area contributed by atoms with E-state index in [0.29, 0.717) is 10.8 Å². The van der Waals surface area contributed by atoms with Gasteiger partial charge in [0, 0.05) is 33.1 Å². The fraction of sp³-hybridized carbons (Fsp3) is 0.231. The van der Waals surface area contributed by atoms with Gasteiger partial charge in [0.2, 0.25) is 0 Å². The van der Waals surface area contributed by atoms with Crippen molar-refractivity contribution >= 4 is 29.4 Å². The van der Waals surface area contributed by atoms with E-state index >= 15 is 0 Å². The summed E-state index contributed by atoms with van der Waals surface area (Å²) < 4.78 is 0. The van der Waals surface area contributed by atoms with E-state index in [9.17, 15) is 4.79 Å². The molecule has 29 heavy (non-hydrogen) atoms. The van der Waals surface area contributed by atoms with E-state index in [1.807, 2.05) is 98.9 Å². The SMILES string of the molecule is CC.CCC(C)Sc1c(C=Nc2ccccc2)cccc1C(=O)c1ccccc1. The molecule has 0 amide bonds. The van der Waals surface area contributed by atoms with Crippen LogP contribution in [0, 0.1) is 0 Å². The number of hydrogen-bond acceptors (Lipinski definition) is 3. The van der Waals surface area contributed by atoms with E-state index in [4.69, 9.17) is 0 Å². The molecule has 0 aromatic heterocycles. The van der Waals surface area contributed by atoms with E-state index in [2.05, 4.69) is 18.8 Å². The van der Waals surface area contributed by atoms with E-state index in [1.54, 1.807) is 11.8 Å². The normalized spacial score (nSPS) is 11.6. The Morgan fingerprint density at radius 2 is 1.55 bits per heavy atom. The standard InChI is InChI=1S/C24H23NOS.C2H6/c1-3-18(2)27-24-20(17-25-21-14-8-5-9-15-21)13-10-16-22(24)23(26)19-11-6-4-7-12-19;1-2/h4-18H,3H2,1-2H3;1-2H3. The molecule has 2 nitrogen and oxygen atoms in total. The quantitative estimate of drug-likeness (QED) is 0.231. The van der Waals surface area contributed by atoms with Gasteiger partial charge in [0.05, 0.1) is 5.69 Å². The van der Waals surface area contributed by atoms with Gasteiger partial charge in [0.1, 0.15) is 0 Å². The number of carbonyl (C=O) groups is 1. The van der Waals surface area contributed by atoms with Crippen LogP contribution in [0.15, 0.2) is 88.8 Å². The lowest BCUT2D eigenvalue weighted by molar-refractivity contribution is 0.103. The van der Waals surface area contributed by atoms with Crippen LogP contribution in [0.3, 0.4) is 0 Å². The van der Waals surface area contributed by atoms with Crippen molar-refractivity contribution in [2.24, 2.45) is 4.99 Å². The Balaban J connectivity index is 0.00000145. The molecule has 0 radical (unpaired) electrons. The first-order chi connectivity index (χ1) is 14.2. The molecule has 3 aromatic carbocycles. The van der Waals surface area contributed by atoms with Crippen molar-refractivity contribution in [2.75, 3.05) is 0 Å². The molecule has 0 aliphatic carbocycles. The van der Waals surface area contributed by atoms with Gasteiger partial charge in [-0.3, -0.25) is 9.79 Å².